The third-order valence-corrected chi connectivity index (χ3v) is 3.14. The van der Waals surface area contributed by atoms with E-state index in [-0.39, 0.29) is 29.9 Å². The number of carboxylic acid groups (broad SMARTS) is 1. The van der Waals surface area contributed by atoms with Crippen LogP contribution in [0, 0.1) is 0 Å². The van der Waals surface area contributed by atoms with Gasteiger partial charge < -0.3 is 15.3 Å². The number of aryl methyl sites for hydroxylation is 1. The molecule has 0 saturated carbocycles. The molecule has 0 atom stereocenters. The number of ketones is 1. The Morgan fingerprint density at radius 3 is 2.24 bits per heavy atom. The molecule has 108 valence electrons. The van der Waals surface area contributed by atoms with E-state index in [0.717, 1.165) is 6.07 Å². The lowest BCUT2D eigenvalue weighted by Gasteiger charge is -2.07. The number of carboxylic acids is 1. The zero-order chi connectivity index (χ0) is 15.4. The summed E-state index contributed by atoms with van der Waals surface area (Å²) >= 11 is 0. The summed E-state index contributed by atoms with van der Waals surface area (Å²) in [6, 6.07) is 10.9. The molecule has 0 aromatic heterocycles. The molecule has 3 N–H and O–H groups in total. The predicted molar refractivity (Wildman–Crippen MR) is 75.8 cm³/mol. The molecule has 0 aliphatic carbocycles. The average Bonchev–Trinajstić information content (AvgIpc) is 2.46. The van der Waals surface area contributed by atoms with Gasteiger partial charge in [-0.2, -0.15) is 0 Å². The number of aromatic hydroxyl groups is 2. The quantitative estimate of drug-likeness (QED) is 0.734. The van der Waals surface area contributed by atoms with Crippen molar-refractivity contribution in [1.82, 2.24) is 0 Å². The molecule has 0 amide bonds. The van der Waals surface area contributed by atoms with Crippen LogP contribution >= 0.6 is 0 Å². The van der Waals surface area contributed by atoms with E-state index >= 15 is 0 Å². The zero-order valence-electron chi connectivity index (χ0n) is 11.1. The Bertz CT molecular complexity index is 677. The minimum atomic E-state index is -1.29. The maximum atomic E-state index is 12.0. The Labute approximate surface area is 121 Å². The zero-order valence-corrected chi connectivity index (χ0v) is 11.1. The highest BCUT2D eigenvalue weighted by molar-refractivity contribution is 5.96. The molecule has 5 nitrogen and oxygen atoms in total. The van der Waals surface area contributed by atoms with Crippen LogP contribution in [0.4, 0.5) is 0 Å². The number of carbonyl (C=O) groups is 2. The number of phenols is 2. The summed E-state index contributed by atoms with van der Waals surface area (Å²) in [5, 5.41) is 28.1. The standard InChI is InChI=1S/C16H14O5/c17-13(10-4-2-1-3-5-10)7-6-11-8-12(16(20)21)15(19)9-14(11)18/h1-5,8-9,18-19H,6-7H2,(H,20,21). The van der Waals surface area contributed by atoms with Crippen LogP contribution in [0.5, 0.6) is 11.5 Å². The van der Waals surface area contributed by atoms with Gasteiger partial charge in [0.25, 0.3) is 0 Å². The number of Topliss-reactive ketones (excluding diaryl/α,β-unsaturated/α-hetero) is 1. The summed E-state index contributed by atoms with van der Waals surface area (Å²) in [7, 11) is 0. The van der Waals surface area contributed by atoms with Gasteiger partial charge in [0.2, 0.25) is 0 Å². The first kappa shape index (κ1) is 14.6. The number of benzene rings is 2. The van der Waals surface area contributed by atoms with Gasteiger partial charge in [-0.1, -0.05) is 30.3 Å². The molecule has 0 heterocycles. The molecule has 0 aliphatic heterocycles. The van der Waals surface area contributed by atoms with Gasteiger partial charge >= 0.3 is 5.97 Å². The molecule has 0 unspecified atom stereocenters. The van der Waals surface area contributed by atoms with Gasteiger partial charge in [-0.25, -0.2) is 4.79 Å². The van der Waals surface area contributed by atoms with Crippen LogP contribution in [0.2, 0.25) is 0 Å². The third-order valence-electron chi connectivity index (χ3n) is 3.14. The third kappa shape index (κ3) is 3.39. The number of rotatable bonds is 5. The molecule has 0 aliphatic rings. The number of hydrogen-bond acceptors (Lipinski definition) is 4. The summed E-state index contributed by atoms with van der Waals surface area (Å²) in [5.41, 5.74) is 0.582. The largest absolute Gasteiger partial charge is 0.508 e. The highest BCUT2D eigenvalue weighted by Gasteiger charge is 2.15. The van der Waals surface area contributed by atoms with Gasteiger partial charge in [0.05, 0.1) is 0 Å². The molecule has 2 aromatic carbocycles. The second-order valence-electron chi connectivity index (χ2n) is 4.59. The van der Waals surface area contributed by atoms with Crippen LogP contribution in [0.15, 0.2) is 42.5 Å². The molecule has 0 radical (unpaired) electrons. The first-order chi connectivity index (χ1) is 9.99. The Kier molecular flexibility index (Phi) is 4.23. The normalized spacial score (nSPS) is 10.3. The van der Waals surface area contributed by atoms with Crippen molar-refractivity contribution >= 4 is 11.8 Å². The smallest absolute Gasteiger partial charge is 0.339 e. The summed E-state index contributed by atoms with van der Waals surface area (Å²) in [5.74, 6) is -2.11. The fourth-order valence-corrected chi connectivity index (χ4v) is 2.01. The van der Waals surface area contributed by atoms with E-state index in [2.05, 4.69) is 0 Å². The van der Waals surface area contributed by atoms with E-state index < -0.39 is 11.7 Å². The average molecular weight is 286 g/mol. The molecule has 5 heteroatoms. The predicted octanol–water partition coefficient (Wildman–Crippen LogP) is 2.61. The van der Waals surface area contributed by atoms with Crippen molar-refractivity contribution in [2.45, 2.75) is 12.8 Å². The van der Waals surface area contributed by atoms with E-state index in [1.807, 2.05) is 6.07 Å². The van der Waals surface area contributed by atoms with Crippen LogP contribution < -0.4 is 0 Å². The van der Waals surface area contributed by atoms with E-state index in [1.165, 1.54) is 6.07 Å². The van der Waals surface area contributed by atoms with Crippen molar-refractivity contribution in [2.75, 3.05) is 0 Å². The van der Waals surface area contributed by atoms with E-state index in [9.17, 15) is 19.8 Å². The molecular weight excluding hydrogens is 272 g/mol. The lowest BCUT2D eigenvalue weighted by atomic mass is 10.00. The van der Waals surface area contributed by atoms with Crippen molar-refractivity contribution in [3.8, 4) is 11.5 Å². The monoisotopic (exact) mass is 286 g/mol. The van der Waals surface area contributed by atoms with Crippen LogP contribution in [0.1, 0.15) is 32.7 Å². The Balaban J connectivity index is 2.15. The van der Waals surface area contributed by atoms with E-state index in [0.29, 0.717) is 11.1 Å². The Hall–Kier alpha value is -2.82. The molecule has 0 bridgehead atoms. The minimum absolute atomic E-state index is 0.0973. The van der Waals surface area contributed by atoms with Crippen LogP contribution in [-0.4, -0.2) is 27.1 Å². The van der Waals surface area contributed by atoms with Crippen LogP contribution in [0.3, 0.4) is 0 Å². The lowest BCUT2D eigenvalue weighted by molar-refractivity contribution is 0.0693. The highest BCUT2D eigenvalue weighted by atomic mass is 16.4. The topological polar surface area (TPSA) is 94.8 Å². The van der Waals surface area contributed by atoms with Crippen molar-refractivity contribution in [3.63, 3.8) is 0 Å². The summed E-state index contributed by atoms with van der Waals surface area (Å²) in [4.78, 5) is 22.9. The van der Waals surface area contributed by atoms with Crippen LogP contribution in [0.25, 0.3) is 0 Å². The maximum absolute atomic E-state index is 12.0. The van der Waals surface area contributed by atoms with Gasteiger partial charge in [-0.15, -0.1) is 0 Å². The molecular formula is C16H14O5. The first-order valence-corrected chi connectivity index (χ1v) is 6.35. The van der Waals surface area contributed by atoms with Gasteiger partial charge in [0, 0.05) is 18.1 Å². The molecule has 0 fully saturated rings. The first-order valence-electron chi connectivity index (χ1n) is 6.35. The molecule has 0 saturated heterocycles. The SMILES string of the molecule is O=C(CCc1cc(C(=O)O)c(O)cc1O)c1ccccc1. The second kappa shape index (κ2) is 6.09. The molecule has 2 aromatic rings. The van der Waals surface area contributed by atoms with Crippen molar-refractivity contribution in [3.05, 3.63) is 59.2 Å². The summed E-state index contributed by atoms with van der Waals surface area (Å²) in [6.45, 7) is 0. The van der Waals surface area contributed by atoms with Gasteiger partial charge in [-0.3, -0.25) is 4.79 Å². The van der Waals surface area contributed by atoms with Gasteiger partial charge in [0.15, 0.2) is 5.78 Å². The fourth-order valence-electron chi connectivity index (χ4n) is 2.01. The summed E-state index contributed by atoms with van der Waals surface area (Å²) in [6.07, 6.45) is 0.335. The van der Waals surface area contributed by atoms with E-state index in [4.69, 9.17) is 5.11 Å². The Morgan fingerprint density at radius 2 is 1.62 bits per heavy atom. The van der Waals surface area contributed by atoms with Gasteiger partial charge in [0.1, 0.15) is 17.1 Å². The number of carbonyl (C=O) groups excluding carboxylic acids is 1. The molecule has 2 rings (SSSR count). The molecule has 0 spiro atoms. The maximum Gasteiger partial charge on any atom is 0.339 e. The van der Waals surface area contributed by atoms with Gasteiger partial charge in [-0.05, 0) is 18.1 Å². The number of phenolic OH excluding ortho intramolecular Hbond substituents is 1. The van der Waals surface area contributed by atoms with Crippen molar-refractivity contribution in [1.29, 1.82) is 0 Å². The lowest BCUT2D eigenvalue weighted by Crippen LogP contribution is -2.03. The number of hydrogen-bond donors (Lipinski definition) is 3. The second-order valence-corrected chi connectivity index (χ2v) is 4.59. The minimum Gasteiger partial charge on any atom is -0.508 e. The molecule has 21 heavy (non-hydrogen) atoms. The number of aromatic carboxylic acids is 1. The summed E-state index contributed by atoms with van der Waals surface area (Å²) < 4.78 is 0. The Morgan fingerprint density at radius 1 is 0.952 bits per heavy atom. The van der Waals surface area contributed by atoms with Crippen LogP contribution in [-0.2, 0) is 6.42 Å². The van der Waals surface area contributed by atoms with Crippen molar-refractivity contribution in [2.24, 2.45) is 0 Å². The van der Waals surface area contributed by atoms with Crippen molar-refractivity contribution < 1.29 is 24.9 Å². The highest BCUT2D eigenvalue weighted by Crippen LogP contribution is 2.28. The van der Waals surface area contributed by atoms with E-state index in [1.54, 1.807) is 24.3 Å². The fraction of sp³-hybridized carbons (Fsp3) is 0.125.